The molecule has 0 spiro atoms. The first kappa shape index (κ1) is 23.6. The van der Waals surface area contributed by atoms with Gasteiger partial charge in [0.05, 0.1) is 39.2 Å². The fourth-order valence-corrected chi connectivity index (χ4v) is 4.23. The lowest BCUT2D eigenvalue weighted by Gasteiger charge is -2.26. The lowest BCUT2D eigenvalue weighted by molar-refractivity contribution is 0.0677. The van der Waals surface area contributed by atoms with Crippen LogP contribution in [0.3, 0.4) is 0 Å². The Kier molecular flexibility index (Phi) is 7.37. The molecule has 0 saturated carbocycles. The Hall–Kier alpha value is -3.52. The quantitative estimate of drug-likeness (QED) is 0.421. The largest absolute Gasteiger partial charge is 0.497 e. The summed E-state index contributed by atoms with van der Waals surface area (Å²) in [4.78, 5) is 15.2. The van der Waals surface area contributed by atoms with Crippen LogP contribution in [0.25, 0.3) is 11.3 Å². The lowest BCUT2D eigenvalue weighted by atomic mass is 9.95. The van der Waals surface area contributed by atoms with Gasteiger partial charge in [-0.1, -0.05) is 19.4 Å². The van der Waals surface area contributed by atoms with Crippen molar-refractivity contribution in [3.8, 4) is 28.5 Å². The molecule has 1 aliphatic rings. The van der Waals surface area contributed by atoms with Gasteiger partial charge in [0, 0.05) is 24.8 Å². The van der Waals surface area contributed by atoms with Crippen molar-refractivity contribution in [2.24, 2.45) is 0 Å². The van der Waals surface area contributed by atoms with E-state index in [1.165, 1.54) is 0 Å². The molecule has 180 valence electrons. The van der Waals surface area contributed by atoms with Crippen molar-refractivity contribution in [2.45, 2.75) is 25.8 Å². The number of nitrogens with one attached hydrogen (secondary N) is 1. The normalized spacial score (nSPS) is 14.9. The minimum atomic E-state index is -0.341. The summed E-state index contributed by atoms with van der Waals surface area (Å²) in [6.45, 7) is 3.62. The second-order valence-electron chi connectivity index (χ2n) is 8.10. The summed E-state index contributed by atoms with van der Waals surface area (Å²) in [5, 5.41) is 7.49. The number of benzene rings is 2. The van der Waals surface area contributed by atoms with Gasteiger partial charge in [0.25, 0.3) is 5.91 Å². The first-order chi connectivity index (χ1) is 16.6. The molecule has 0 saturated heterocycles. The van der Waals surface area contributed by atoms with E-state index in [-0.39, 0.29) is 11.9 Å². The maximum Gasteiger partial charge on any atom is 0.273 e. The van der Waals surface area contributed by atoms with Gasteiger partial charge in [0.15, 0.2) is 11.5 Å². The predicted octanol–water partition coefficient (Wildman–Crippen LogP) is 4.46. The van der Waals surface area contributed by atoms with Gasteiger partial charge < -0.3 is 23.8 Å². The highest BCUT2D eigenvalue weighted by Crippen LogP contribution is 2.44. The van der Waals surface area contributed by atoms with Crippen molar-refractivity contribution in [1.29, 1.82) is 0 Å². The van der Waals surface area contributed by atoms with E-state index in [0.29, 0.717) is 37.0 Å². The number of hydrogen-bond acceptors (Lipinski definition) is 6. The molecular weight excluding hydrogens is 434 g/mol. The Bertz CT molecular complexity index is 1130. The van der Waals surface area contributed by atoms with Crippen LogP contribution in [-0.2, 0) is 4.74 Å². The highest BCUT2D eigenvalue weighted by molar-refractivity contribution is 6.00. The van der Waals surface area contributed by atoms with E-state index < -0.39 is 0 Å². The molecule has 0 aliphatic carbocycles. The van der Waals surface area contributed by atoms with Gasteiger partial charge in [-0.15, -0.1) is 0 Å². The maximum atomic E-state index is 13.4. The van der Waals surface area contributed by atoms with Crippen LogP contribution >= 0.6 is 0 Å². The topological polar surface area (TPSA) is 85.9 Å². The third kappa shape index (κ3) is 4.46. The average molecular weight is 466 g/mol. The molecule has 8 nitrogen and oxygen atoms in total. The molecule has 1 atom stereocenters. The zero-order valence-electron chi connectivity index (χ0n) is 20.1. The first-order valence-corrected chi connectivity index (χ1v) is 11.5. The molecule has 4 rings (SSSR count). The Balaban J connectivity index is 1.77. The zero-order chi connectivity index (χ0) is 24.1. The van der Waals surface area contributed by atoms with Crippen LogP contribution in [0.4, 0.5) is 0 Å². The van der Waals surface area contributed by atoms with E-state index >= 15 is 0 Å². The minimum Gasteiger partial charge on any atom is -0.497 e. The summed E-state index contributed by atoms with van der Waals surface area (Å²) < 4.78 is 22.1. The van der Waals surface area contributed by atoms with Crippen LogP contribution < -0.4 is 14.2 Å². The number of hydrogen-bond donors (Lipinski definition) is 1. The average Bonchev–Trinajstić information content (AvgIpc) is 3.42. The van der Waals surface area contributed by atoms with Gasteiger partial charge >= 0.3 is 0 Å². The second-order valence-corrected chi connectivity index (χ2v) is 8.10. The minimum absolute atomic E-state index is 0.105. The number of carbonyl (C=O) groups excluding carboxylic acids is 1. The van der Waals surface area contributed by atoms with E-state index in [2.05, 4.69) is 17.1 Å². The molecule has 1 unspecified atom stereocenters. The van der Waals surface area contributed by atoms with Crippen molar-refractivity contribution >= 4 is 5.91 Å². The van der Waals surface area contributed by atoms with Crippen LogP contribution in [0.1, 0.15) is 47.4 Å². The van der Waals surface area contributed by atoms with Crippen LogP contribution in [0, 0.1) is 0 Å². The SMILES string of the molecule is CCCCOc1ccc(C2c3c(-c4ccc(OC)cc4)n[nH]c3C(=O)N2CCOC)cc1OC. The Morgan fingerprint density at radius 3 is 2.47 bits per heavy atom. The molecule has 3 aromatic rings. The highest BCUT2D eigenvalue weighted by Gasteiger charge is 2.42. The van der Waals surface area contributed by atoms with Crippen molar-refractivity contribution in [3.63, 3.8) is 0 Å². The Labute approximate surface area is 199 Å². The molecule has 0 fully saturated rings. The van der Waals surface area contributed by atoms with Gasteiger partial charge in [-0.25, -0.2) is 0 Å². The summed E-state index contributed by atoms with van der Waals surface area (Å²) >= 11 is 0. The van der Waals surface area contributed by atoms with Crippen LogP contribution in [0.15, 0.2) is 42.5 Å². The van der Waals surface area contributed by atoms with Gasteiger partial charge in [-0.3, -0.25) is 9.89 Å². The van der Waals surface area contributed by atoms with Crippen molar-refractivity contribution in [1.82, 2.24) is 15.1 Å². The Morgan fingerprint density at radius 1 is 1.00 bits per heavy atom. The van der Waals surface area contributed by atoms with Gasteiger partial charge in [0.1, 0.15) is 11.4 Å². The van der Waals surface area contributed by atoms with Crippen molar-refractivity contribution in [3.05, 3.63) is 59.3 Å². The van der Waals surface area contributed by atoms with E-state index in [0.717, 1.165) is 41.0 Å². The summed E-state index contributed by atoms with van der Waals surface area (Å²) in [6, 6.07) is 13.2. The van der Waals surface area contributed by atoms with Crippen LogP contribution in [-0.4, -0.2) is 62.1 Å². The number of unbranched alkanes of at least 4 members (excludes halogenated alkanes) is 1. The van der Waals surface area contributed by atoms with Gasteiger partial charge in [-0.2, -0.15) is 5.10 Å². The number of fused-ring (bicyclic) bond motifs is 1. The molecule has 1 amide bonds. The fourth-order valence-electron chi connectivity index (χ4n) is 4.23. The lowest BCUT2D eigenvalue weighted by Crippen LogP contribution is -2.32. The summed E-state index contributed by atoms with van der Waals surface area (Å²) in [5.74, 6) is 1.98. The standard InChI is InChI=1S/C26H31N3O5/c1-5-6-14-34-20-12-9-18(16-21(20)33-4)25-22-23(17-7-10-19(32-3)11-8-17)27-28-24(22)26(30)29(25)13-15-31-2/h7-12,16,25H,5-6,13-15H2,1-4H3,(H,27,28). The zero-order valence-corrected chi connectivity index (χ0v) is 20.1. The molecular formula is C26H31N3O5. The monoisotopic (exact) mass is 465 g/mol. The van der Waals surface area contributed by atoms with Crippen LogP contribution in [0.2, 0.25) is 0 Å². The molecule has 0 bridgehead atoms. The number of H-pyrrole nitrogens is 1. The number of carbonyl (C=O) groups is 1. The molecule has 2 aromatic carbocycles. The third-order valence-electron chi connectivity index (χ3n) is 6.02. The molecule has 1 N–H and O–H groups in total. The molecule has 0 radical (unpaired) electrons. The van der Waals surface area contributed by atoms with Crippen molar-refractivity contribution < 1.29 is 23.7 Å². The summed E-state index contributed by atoms with van der Waals surface area (Å²) in [6.07, 6.45) is 2.02. The number of nitrogens with zero attached hydrogens (tertiary/aromatic N) is 2. The van der Waals surface area contributed by atoms with E-state index in [1.807, 2.05) is 47.4 Å². The van der Waals surface area contributed by atoms with Gasteiger partial charge in [0.2, 0.25) is 0 Å². The number of aromatic amines is 1. The molecule has 2 heterocycles. The highest BCUT2D eigenvalue weighted by atomic mass is 16.5. The van der Waals surface area contributed by atoms with Gasteiger partial charge in [-0.05, 0) is 48.4 Å². The van der Waals surface area contributed by atoms with E-state index in [4.69, 9.17) is 18.9 Å². The molecule has 1 aromatic heterocycles. The van der Waals surface area contributed by atoms with E-state index in [1.54, 1.807) is 21.3 Å². The first-order valence-electron chi connectivity index (χ1n) is 11.5. The van der Waals surface area contributed by atoms with Crippen LogP contribution in [0.5, 0.6) is 17.2 Å². The molecule has 34 heavy (non-hydrogen) atoms. The molecule has 1 aliphatic heterocycles. The Morgan fingerprint density at radius 2 is 1.79 bits per heavy atom. The summed E-state index contributed by atoms with van der Waals surface area (Å²) in [7, 11) is 4.89. The number of ether oxygens (including phenoxy) is 4. The molecule has 8 heteroatoms. The fraction of sp³-hybridized carbons (Fsp3) is 0.385. The third-order valence-corrected chi connectivity index (χ3v) is 6.02. The maximum absolute atomic E-state index is 13.4. The summed E-state index contributed by atoms with van der Waals surface area (Å²) in [5.41, 5.74) is 3.88. The van der Waals surface area contributed by atoms with Crippen molar-refractivity contribution in [2.75, 3.05) is 41.1 Å². The number of rotatable bonds is 11. The number of methoxy groups -OCH3 is 3. The number of aromatic nitrogens is 2. The predicted molar refractivity (Wildman–Crippen MR) is 129 cm³/mol. The smallest absolute Gasteiger partial charge is 0.273 e. The second kappa shape index (κ2) is 10.6. The van der Waals surface area contributed by atoms with E-state index in [9.17, 15) is 4.79 Å². The number of amides is 1.